The van der Waals surface area contributed by atoms with Gasteiger partial charge in [0.1, 0.15) is 5.02 Å². The summed E-state index contributed by atoms with van der Waals surface area (Å²) in [7, 11) is 0. The molecule has 14 heavy (non-hydrogen) atoms. The molecular formula is C8H3ClF4S. The van der Waals surface area contributed by atoms with Crippen LogP contribution < -0.4 is 0 Å². The van der Waals surface area contributed by atoms with Gasteiger partial charge in [-0.05, 0) is 5.41 Å². The Hall–Kier alpha value is -0.680. The Balaban J connectivity index is 3.50. The zero-order chi connectivity index (χ0) is 10.9. The molecule has 0 aliphatic carbocycles. The lowest BCUT2D eigenvalue weighted by Crippen LogP contribution is -1.98. The molecule has 0 aliphatic rings. The molecule has 0 unspecified atom stereocenters. The van der Waals surface area contributed by atoms with Crippen LogP contribution in [0.5, 0.6) is 0 Å². The van der Waals surface area contributed by atoms with Crippen LogP contribution in [0.25, 0.3) is 0 Å². The molecule has 1 aromatic rings. The molecule has 0 spiro atoms. The predicted octanol–water partition coefficient (Wildman–Crippen LogP) is 4.13. The summed E-state index contributed by atoms with van der Waals surface area (Å²) < 4.78 is 51.5. The fraction of sp³-hybridized carbons (Fsp3) is 0. The standard InChI is InChI=1S/C8H3ClF4S/c1-2-14-8-6(12)4(10)3(9)5(11)7(8)13/h2H,1H2. The molecule has 0 aliphatic heterocycles. The number of rotatable bonds is 2. The molecule has 1 rings (SSSR count). The van der Waals surface area contributed by atoms with Gasteiger partial charge in [0.05, 0.1) is 4.90 Å². The third kappa shape index (κ3) is 1.74. The van der Waals surface area contributed by atoms with E-state index < -0.39 is 33.2 Å². The van der Waals surface area contributed by atoms with E-state index in [1.807, 2.05) is 0 Å². The minimum atomic E-state index is -1.60. The van der Waals surface area contributed by atoms with Crippen molar-refractivity contribution < 1.29 is 17.6 Å². The predicted molar refractivity (Wildman–Crippen MR) is 47.3 cm³/mol. The van der Waals surface area contributed by atoms with Crippen LogP contribution in [0.1, 0.15) is 0 Å². The topological polar surface area (TPSA) is 0 Å². The van der Waals surface area contributed by atoms with Gasteiger partial charge >= 0.3 is 0 Å². The van der Waals surface area contributed by atoms with Crippen molar-refractivity contribution in [3.05, 3.63) is 40.3 Å². The Kier molecular flexibility index (Phi) is 3.44. The minimum absolute atomic E-state index is 0.441. The average Bonchev–Trinajstić information content (AvgIpc) is 2.19. The molecule has 0 bridgehead atoms. The SMILES string of the molecule is C=CSc1c(F)c(F)c(Cl)c(F)c1F. The van der Waals surface area contributed by atoms with Gasteiger partial charge in [0.15, 0.2) is 23.3 Å². The van der Waals surface area contributed by atoms with E-state index >= 15 is 0 Å². The highest BCUT2D eigenvalue weighted by Crippen LogP contribution is 2.33. The second kappa shape index (κ2) is 4.23. The van der Waals surface area contributed by atoms with E-state index in [9.17, 15) is 17.6 Å². The summed E-state index contributed by atoms with van der Waals surface area (Å²) in [6, 6.07) is 0. The molecule has 0 aromatic heterocycles. The van der Waals surface area contributed by atoms with Gasteiger partial charge in [0.25, 0.3) is 0 Å². The van der Waals surface area contributed by atoms with E-state index in [1.54, 1.807) is 0 Å². The average molecular weight is 243 g/mol. The zero-order valence-electron chi connectivity index (χ0n) is 6.58. The first kappa shape index (κ1) is 11.4. The van der Waals surface area contributed by atoms with Gasteiger partial charge in [-0.2, -0.15) is 0 Å². The Bertz CT molecular complexity index is 362. The molecule has 76 valence electrons. The van der Waals surface area contributed by atoms with Crippen LogP contribution in [0.4, 0.5) is 17.6 Å². The van der Waals surface area contributed by atoms with Crippen LogP contribution >= 0.6 is 23.4 Å². The maximum atomic E-state index is 13.0. The highest BCUT2D eigenvalue weighted by Gasteiger charge is 2.23. The van der Waals surface area contributed by atoms with Gasteiger partial charge in [0.2, 0.25) is 0 Å². The molecule has 0 nitrogen and oxygen atoms in total. The van der Waals surface area contributed by atoms with Crippen molar-refractivity contribution in [1.82, 2.24) is 0 Å². The number of hydrogen-bond acceptors (Lipinski definition) is 1. The zero-order valence-corrected chi connectivity index (χ0v) is 8.15. The summed E-state index contributed by atoms with van der Waals surface area (Å²) in [4.78, 5) is -0.792. The van der Waals surface area contributed by atoms with Crippen LogP contribution in [0.3, 0.4) is 0 Å². The van der Waals surface area contributed by atoms with E-state index in [4.69, 9.17) is 11.6 Å². The lowest BCUT2D eigenvalue weighted by molar-refractivity contribution is 0.427. The van der Waals surface area contributed by atoms with Crippen LogP contribution in [0.2, 0.25) is 5.02 Å². The molecule has 0 saturated carbocycles. The largest absolute Gasteiger partial charge is 0.202 e. The van der Waals surface area contributed by atoms with Crippen molar-refractivity contribution in [3.8, 4) is 0 Å². The Morgan fingerprint density at radius 3 is 1.79 bits per heavy atom. The molecule has 1 aromatic carbocycles. The summed E-state index contributed by atoms with van der Waals surface area (Å²) in [5.41, 5.74) is 0. The summed E-state index contributed by atoms with van der Waals surface area (Å²) in [5, 5.41) is -0.137. The Labute approximate surface area is 86.6 Å². The summed E-state index contributed by atoms with van der Waals surface area (Å²) >= 11 is 5.44. The third-order valence-electron chi connectivity index (χ3n) is 1.37. The van der Waals surface area contributed by atoms with Crippen molar-refractivity contribution in [2.45, 2.75) is 4.90 Å². The number of benzene rings is 1. The van der Waals surface area contributed by atoms with E-state index in [2.05, 4.69) is 6.58 Å². The minimum Gasteiger partial charge on any atom is -0.202 e. The van der Waals surface area contributed by atoms with Crippen molar-refractivity contribution in [3.63, 3.8) is 0 Å². The van der Waals surface area contributed by atoms with Gasteiger partial charge in [-0.15, -0.1) is 0 Å². The molecule has 0 fully saturated rings. The Morgan fingerprint density at radius 1 is 1.00 bits per heavy atom. The normalized spacial score (nSPS) is 10.4. The first-order valence-electron chi connectivity index (χ1n) is 3.29. The fourth-order valence-corrected chi connectivity index (χ4v) is 1.49. The quantitative estimate of drug-likeness (QED) is 0.325. The molecule has 0 heterocycles. The Morgan fingerprint density at radius 2 is 1.43 bits per heavy atom. The maximum Gasteiger partial charge on any atom is 0.181 e. The smallest absolute Gasteiger partial charge is 0.181 e. The number of thioether (sulfide) groups is 1. The lowest BCUT2D eigenvalue weighted by atomic mass is 10.3. The van der Waals surface area contributed by atoms with Gasteiger partial charge in [-0.3, -0.25) is 0 Å². The summed E-state index contributed by atoms with van der Waals surface area (Å²) in [5.74, 6) is -6.23. The number of halogens is 5. The maximum absolute atomic E-state index is 13.0. The van der Waals surface area contributed by atoms with E-state index in [1.165, 1.54) is 0 Å². The third-order valence-corrected chi connectivity index (χ3v) is 2.46. The van der Waals surface area contributed by atoms with E-state index in [-0.39, 0.29) is 0 Å². The molecular weight excluding hydrogens is 240 g/mol. The molecule has 0 atom stereocenters. The van der Waals surface area contributed by atoms with Gasteiger partial charge in [-0.1, -0.05) is 29.9 Å². The van der Waals surface area contributed by atoms with E-state index in [0.717, 1.165) is 5.41 Å². The van der Waals surface area contributed by atoms with Gasteiger partial charge in [0, 0.05) is 0 Å². The van der Waals surface area contributed by atoms with Crippen molar-refractivity contribution in [1.29, 1.82) is 0 Å². The molecule has 0 saturated heterocycles. The van der Waals surface area contributed by atoms with Gasteiger partial charge in [-0.25, -0.2) is 17.6 Å². The van der Waals surface area contributed by atoms with E-state index in [0.29, 0.717) is 11.8 Å². The van der Waals surface area contributed by atoms with Crippen molar-refractivity contribution >= 4 is 23.4 Å². The fourth-order valence-electron chi connectivity index (χ4n) is 0.772. The highest BCUT2D eigenvalue weighted by atomic mass is 35.5. The molecule has 0 amide bonds. The second-order valence-electron chi connectivity index (χ2n) is 2.18. The highest BCUT2D eigenvalue weighted by molar-refractivity contribution is 8.02. The van der Waals surface area contributed by atoms with Crippen LogP contribution in [-0.2, 0) is 0 Å². The van der Waals surface area contributed by atoms with Crippen LogP contribution in [-0.4, -0.2) is 0 Å². The lowest BCUT2D eigenvalue weighted by Gasteiger charge is -2.05. The summed E-state index contributed by atoms with van der Waals surface area (Å²) in [6.07, 6.45) is 0. The van der Waals surface area contributed by atoms with Crippen molar-refractivity contribution in [2.75, 3.05) is 0 Å². The molecule has 0 N–H and O–H groups in total. The van der Waals surface area contributed by atoms with Gasteiger partial charge < -0.3 is 0 Å². The van der Waals surface area contributed by atoms with Crippen LogP contribution in [0.15, 0.2) is 16.9 Å². The number of hydrogen-bond donors (Lipinski definition) is 0. The monoisotopic (exact) mass is 242 g/mol. The summed E-state index contributed by atoms with van der Waals surface area (Å²) in [6.45, 7) is 3.17. The molecule has 0 radical (unpaired) electrons. The first-order chi connectivity index (χ1) is 6.50. The first-order valence-corrected chi connectivity index (χ1v) is 4.55. The van der Waals surface area contributed by atoms with Crippen molar-refractivity contribution in [2.24, 2.45) is 0 Å². The molecule has 6 heteroatoms. The van der Waals surface area contributed by atoms with Crippen LogP contribution in [0, 0.1) is 23.3 Å². The second-order valence-corrected chi connectivity index (χ2v) is 3.54.